The third kappa shape index (κ3) is 49.3. The topological polar surface area (TPSA) is 289 Å². The normalized spacial score (nSPS) is 10.5. The first-order chi connectivity index (χ1) is 40.0. The molecule has 87 heavy (non-hydrogen) atoms. The van der Waals surface area contributed by atoms with Gasteiger partial charge in [-0.1, -0.05) is 100 Å². The van der Waals surface area contributed by atoms with Gasteiger partial charge >= 0.3 is 65.7 Å². The zero-order chi connectivity index (χ0) is 68.9. The van der Waals surface area contributed by atoms with Crippen molar-refractivity contribution < 1.29 is 105 Å². The van der Waals surface area contributed by atoms with Crippen LogP contribution in [0.5, 0.6) is 0 Å². The van der Waals surface area contributed by atoms with Gasteiger partial charge in [-0.3, -0.25) is 0 Å². The lowest BCUT2D eigenvalue weighted by Crippen LogP contribution is -2.41. The molecular weight excluding hydrogens is 1130 g/mol. The maximum Gasteiger partial charge on any atom is 0.333 e. The molecule has 0 aliphatic carbocycles. The number of hydrogen-bond acceptors (Lipinski definition) is 22. The Morgan fingerprint density at radius 1 is 0.299 bits per heavy atom. The smallest absolute Gasteiger partial charge is 0.333 e. The molecule has 0 rings (SSSR count). The monoisotopic (exact) mass is 1230 g/mol. The summed E-state index contributed by atoms with van der Waals surface area (Å²) in [6, 6.07) is 0. The van der Waals surface area contributed by atoms with E-state index in [2.05, 4.69) is 81.8 Å². The second-order valence-corrected chi connectivity index (χ2v) is 20.6. The highest BCUT2D eigenvalue weighted by molar-refractivity contribution is 5.91. The summed E-state index contributed by atoms with van der Waals surface area (Å²) < 4.78 is 54.3. The molecule has 0 bridgehead atoms. The molecule has 2 atom stereocenters. The van der Waals surface area contributed by atoms with Gasteiger partial charge in [-0.15, -0.1) is 0 Å². The van der Waals surface area contributed by atoms with E-state index in [-0.39, 0.29) is 93.3 Å². The van der Waals surface area contributed by atoms with Crippen molar-refractivity contribution >= 4 is 65.7 Å². The fourth-order valence-corrected chi connectivity index (χ4v) is 4.93. The minimum absolute atomic E-state index is 0.00442. The average Bonchev–Trinajstić information content (AvgIpc) is 3.64. The minimum atomic E-state index is -0.745. The van der Waals surface area contributed by atoms with Crippen molar-refractivity contribution in [1.29, 1.82) is 0 Å². The molecular formula is C65H96O22. The molecule has 0 aromatic rings. The predicted molar refractivity (Wildman–Crippen MR) is 328 cm³/mol. The maximum absolute atomic E-state index is 11.7. The van der Waals surface area contributed by atoms with Gasteiger partial charge in [0.25, 0.3) is 0 Å². The molecule has 0 saturated heterocycles. The predicted octanol–water partition coefficient (Wildman–Crippen LogP) is 10.2. The van der Waals surface area contributed by atoms with Gasteiger partial charge in [-0.25, -0.2) is 52.7 Å². The molecule has 0 aliphatic rings. The molecule has 2 unspecified atom stereocenters. The molecule has 0 aromatic carbocycles. The molecule has 0 spiro atoms. The van der Waals surface area contributed by atoms with E-state index >= 15 is 0 Å². The van der Waals surface area contributed by atoms with Crippen LogP contribution in [0.4, 0.5) is 0 Å². The quantitative estimate of drug-likeness (QED) is 0.0250. The van der Waals surface area contributed by atoms with Crippen LogP contribution in [-0.4, -0.2) is 137 Å². The fourth-order valence-electron chi connectivity index (χ4n) is 4.93. The molecule has 0 amide bonds. The third-order valence-electron chi connectivity index (χ3n) is 9.67. The van der Waals surface area contributed by atoms with Gasteiger partial charge in [0.05, 0.1) is 33.0 Å². The largest absolute Gasteiger partial charge is 0.462 e. The molecule has 22 nitrogen and oxygen atoms in total. The van der Waals surface area contributed by atoms with E-state index in [1.807, 2.05) is 27.7 Å². The molecule has 488 valence electrons. The number of ether oxygens (including phenoxy) is 11. The molecule has 0 aromatic heterocycles. The second-order valence-electron chi connectivity index (χ2n) is 20.6. The molecule has 0 saturated carbocycles. The molecule has 0 fully saturated rings. The first kappa shape index (κ1) is 87.1. The zero-order valence-corrected chi connectivity index (χ0v) is 54.2. The van der Waals surface area contributed by atoms with Crippen LogP contribution >= 0.6 is 0 Å². The van der Waals surface area contributed by atoms with Crippen LogP contribution in [0.3, 0.4) is 0 Å². The van der Waals surface area contributed by atoms with Crippen molar-refractivity contribution in [1.82, 2.24) is 0 Å². The Balaban J connectivity index is -0.000000325. The number of hydrogen-bond donors (Lipinski definition) is 0. The van der Waals surface area contributed by atoms with Gasteiger partial charge in [0.1, 0.15) is 38.6 Å². The SMILES string of the molecule is C=C(C)C(=O)OCC(C)(C)C(OC(=O)C(=C)C)C(C)C.C=C(C)C(=O)OCCC(COC(=O)C(=C)C)OC(=O)C(=C)C.C=C(C)C(=O)OCCCCOC(=O)C(=C)C.C=C(C)C(=O)OCCCOC(=O)C(=C)C.C=C(C)C(=O)OCCOC(=O)C(=C)C. The summed E-state index contributed by atoms with van der Waals surface area (Å²) in [5.74, 6) is -5.12. The molecule has 0 heterocycles. The van der Waals surface area contributed by atoms with Crippen molar-refractivity contribution in [3.63, 3.8) is 0 Å². The first-order valence-electron chi connectivity index (χ1n) is 27.1. The number of unbranched alkanes of at least 4 members (excludes halogenated alkanes) is 1. The Bertz CT molecular complexity index is 2430. The second kappa shape index (κ2) is 48.5. The number of carbonyl (C=O) groups excluding carboxylic acids is 11. The molecule has 22 heteroatoms. The van der Waals surface area contributed by atoms with Crippen molar-refractivity contribution in [2.45, 2.75) is 142 Å². The average molecular weight is 1230 g/mol. The van der Waals surface area contributed by atoms with Crippen molar-refractivity contribution in [2.75, 3.05) is 59.5 Å². The van der Waals surface area contributed by atoms with E-state index < -0.39 is 65.2 Å². The van der Waals surface area contributed by atoms with Gasteiger partial charge in [0, 0.05) is 79.6 Å². The lowest BCUT2D eigenvalue weighted by Gasteiger charge is -2.36. The molecule has 0 radical (unpaired) electrons. The minimum Gasteiger partial charge on any atom is -0.462 e. The van der Waals surface area contributed by atoms with Crippen molar-refractivity contribution in [2.24, 2.45) is 11.3 Å². The van der Waals surface area contributed by atoms with Crippen LogP contribution in [0.2, 0.25) is 0 Å². The lowest BCUT2D eigenvalue weighted by molar-refractivity contribution is -0.161. The van der Waals surface area contributed by atoms with E-state index in [1.54, 1.807) is 55.4 Å². The van der Waals surface area contributed by atoms with Crippen molar-refractivity contribution in [3.05, 3.63) is 134 Å². The van der Waals surface area contributed by atoms with Gasteiger partial charge in [0.15, 0.2) is 0 Å². The molecule has 0 aliphatic heterocycles. The fraction of sp³-hybridized carbons (Fsp3) is 0.492. The van der Waals surface area contributed by atoms with Gasteiger partial charge in [-0.05, 0) is 94.9 Å². The van der Waals surface area contributed by atoms with Crippen LogP contribution in [0.15, 0.2) is 134 Å². The van der Waals surface area contributed by atoms with Gasteiger partial charge in [0.2, 0.25) is 0 Å². The van der Waals surface area contributed by atoms with Gasteiger partial charge in [-0.2, -0.15) is 0 Å². The van der Waals surface area contributed by atoms with Crippen LogP contribution in [-0.2, 0) is 105 Å². The van der Waals surface area contributed by atoms with Gasteiger partial charge < -0.3 is 52.1 Å². The van der Waals surface area contributed by atoms with E-state index in [0.29, 0.717) is 77.1 Å². The van der Waals surface area contributed by atoms with Crippen LogP contribution in [0, 0.1) is 11.3 Å². The highest BCUT2D eigenvalue weighted by Gasteiger charge is 2.37. The lowest BCUT2D eigenvalue weighted by atomic mass is 9.81. The third-order valence-corrected chi connectivity index (χ3v) is 9.67. The standard InChI is InChI=1S/C16H22O6.C16H26O4.C12H18O4.C11H16O4.C10H14O4/c1-10(2)14(17)20-8-7-13(22-16(19)12(5)6)9-21-15(18)11(3)4;1-10(2)13(20-15(18)12(5)6)16(7,8)9-19-14(17)11(3)4;1-9(2)11(13)15-7-5-6-8-16-12(14)10(3)4;1-8(2)10(12)14-6-5-7-15-11(13)9(3)4;1-7(2)9(11)13-5-6-14-10(12)8(3)4/h13H,1,3,5,7-9H2,2,4,6H3;10,13H,3,5,9H2,1-2,4,6-8H3;1,3,5-8H2,2,4H3;1,3,5-7H2,2,4H3;1,3,5-6H2,2,4H3. The first-order valence-corrected chi connectivity index (χ1v) is 27.1. The van der Waals surface area contributed by atoms with E-state index in [4.69, 9.17) is 42.6 Å². The maximum atomic E-state index is 11.7. The molecule has 0 N–H and O–H groups in total. The summed E-state index contributed by atoms with van der Waals surface area (Å²) in [5.41, 5.74) is 3.03. The van der Waals surface area contributed by atoms with E-state index in [1.165, 1.54) is 20.8 Å². The van der Waals surface area contributed by atoms with Crippen LogP contribution in [0.1, 0.15) is 130 Å². The number of carbonyl (C=O) groups is 11. The summed E-state index contributed by atoms with van der Waals surface area (Å²) in [6.45, 7) is 64.1. The van der Waals surface area contributed by atoms with E-state index in [9.17, 15) is 52.7 Å². The highest BCUT2D eigenvalue weighted by atomic mass is 16.6. The summed E-state index contributed by atoms with van der Waals surface area (Å²) in [5, 5.41) is 0. The Hall–Kier alpha value is -8.69. The Kier molecular flexibility index (Phi) is 48.6. The zero-order valence-electron chi connectivity index (χ0n) is 54.2. The summed E-state index contributed by atoms with van der Waals surface area (Å²) in [7, 11) is 0. The number of esters is 11. The van der Waals surface area contributed by atoms with Crippen LogP contribution in [0.25, 0.3) is 0 Å². The number of rotatable bonds is 34. The van der Waals surface area contributed by atoms with E-state index in [0.717, 1.165) is 0 Å². The van der Waals surface area contributed by atoms with Crippen LogP contribution < -0.4 is 0 Å². The Morgan fingerprint density at radius 2 is 0.529 bits per heavy atom. The Morgan fingerprint density at radius 3 is 0.805 bits per heavy atom. The summed E-state index contributed by atoms with van der Waals surface area (Å²) in [4.78, 5) is 123. The summed E-state index contributed by atoms with van der Waals surface area (Å²) in [6.07, 6.45) is 0.847. The summed E-state index contributed by atoms with van der Waals surface area (Å²) >= 11 is 0. The van der Waals surface area contributed by atoms with Crippen molar-refractivity contribution in [3.8, 4) is 0 Å². The highest BCUT2D eigenvalue weighted by Crippen LogP contribution is 2.30. The Labute approximate surface area is 515 Å².